The molecule has 0 aliphatic heterocycles. The number of halogens is 1. The number of rotatable bonds is 8. The minimum Gasteiger partial charge on any atom is -0.493 e. The second-order valence-electron chi connectivity index (χ2n) is 6.43. The summed E-state index contributed by atoms with van der Waals surface area (Å²) in [6.45, 7) is 5.34. The molecule has 0 saturated carbocycles. The Balaban J connectivity index is 1.90. The average molecular weight is 463 g/mol. The summed E-state index contributed by atoms with van der Waals surface area (Å²) in [5.41, 5.74) is 4.23. The molecule has 0 atom stereocenters. The molecule has 2 aromatic carbocycles. The summed E-state index contributed by atoms with van der Waals surface area (Å²) in [5, 5.41) is 3.90. The molecule has 1 amide bonds. The van der Waals surface area contributed by atoms with Crippen LogP contribution in [-0.2, 0) is 9.59 Å². The lowest BCUT2D eigenvalue weighted by Gasteiger charge is -2.11. The van der Waals surface area contributed by atoms with Crippen molar-refractivity contribution >= 4 is 34.0 Å². The lowest BCUT2D eigenvalue weighted by Crippen LogP contribution is -2.24. The Hall–Kier alpha value is -2.87. The van der Waals surface area contributed by atoms with Crippen molar-refractivity contribution in [3.05, 3.63) is 52.0 Å². The summed E-state index contributed by atoms with van der Waals surface area (Å²) in [4.78, 5) is 23.0. The Bertz CT molecular complexity index is 912. The van der Waals surface area contributed by atoms with Crippen molar-refractivity contribution in [3.63, 3.8) is 0 Å². The second-order valence-corrected chi connectivity index (χ2v) is 7.28. The molecule has 2 aromatic rings. The molecule has 0 aliphatic carbocycles. The van der Waals surface area contributed by atoms with E-state index in [-0.39, 0.29) is 6.61 Å². The number of carbonyl (C=O) groups is 2. The van der Waals surface area contributed by atoms with Crippen LogP contribution in [0.25, 0.3) is 0 Å². The first-order chi connectivity index (χ1) is 13.8. The number of carbonyl (C=O) groups excluding carboxylic acids is 2. The van der Waals surface area contributed by atoms with Crippen LogP contribution in [-0.4, -0.2) is 31.8 Å². The number of hydrogen-bond donors (Lipinski definition) is 1. The van der Waals surface area contributed by atoms with Crippen molar-refractivity contribution < 1.29 is 23.8 Å². The number of nitrogens with zero attached hydrogens (tertiary/aromatic N) is 1. The molecule has 0 saturated heterocycles. The van der Waals surface area contributed by atoms with Gasteiger partial charge in [0.1, 0.15) is 5.75 Å². The first-order valence-corrected chi connectivity index (χ1v) is 9.70. The van der Waals surface area contributed by atoms with Gasteiger partial charge in [-0.25, -0.2) is 5.43 Å². The van der Waals surface area contributed by atoms with Gasteiger partial charge in [0.2, 0.25) is 0 Å². The molecule has 0 aliphatic rings. The van der Waals surface area contributed by atoms with Gasteiger partial charge in [0, 0.05) is 6.92 Å². The number of hydrogen-bond acceptors (Lipinski definition) is 6. The number of esters is 1. The smallest absolute Gasteiger partial charge is 0.308 e. The van der Waals surface area contributed by atoms with Gasteiger partial charge in [-0.2, -0.15) is 5.10 Å². The van der Waals surface area contributed by atoms with Crippen LogP contribution >= 0.6 is 15.9 Å². The fraction of sp³-hybridized carbons (Fsp3) is 0.286. The highest BCUT2D eigenvalue weighted by molar-refractivity contribution is 9.10. The van der Waals surface area contributed by atoms with Gasteiger partial charge in [-0.05, 0) is 63.3 Å². The zero-order chi connectivity index (χ0) is 21.4. The van der Waals surface area contributed by atoms with Crippen LogP contribution in [0.2, 0.25) is 0 Å². The van der Waals surface area contributed by atoms with Crippen molar-refractivity contribution in [3.8, 4) is 17.2 Å². The molecule has 29 heavy (non-hydrogen) atoms. The van der Waals surface area contributed by atoms with Gasteiger partial charge in [0.05, 0.1) is 17.8 Å². The number of ether oxygens (including phenoxy) is 3. The van der Waals surface area contributed by atoms with E-state index in [2.05, 4.69) is 40.3 Å². The van der Waals surface area contributed by atoms with E-state index in [0.717, 1.165) is 4.47 Å². The Kier molecular flexibility index (Phi) is 8.21. The number of benzene rings is 2. The zero-order valence-corrected chi connectivity index (χ0v) is 18.3. The Morgan fingerprint density at radius 2 is 1.86 bits per heavy atom. The predicted molar refractivity (Wildman–Crippen MR) is 114 cm³/mol. The molecule has 0 spiro atoms. The van der Waals surface area contributed by atoms with E-state index in [4.69, 9.17) is 14.2 Å². The highest BCUT2D eigenvalue weighted by Gasteiger charge is 2.09. The number of nitrogens with one attached hydrogen (secondary N) is 1. The molecule has 0 fully saturated rings. The third-order valence-electron chi connectivity index (χ3n) is 3.83. The van der Waals surface area contributed by atoms with Crippen LogP contribution in [0.3, 0.4) is 0 Å². The summed E-state index contributed by atoms with van der Waals surface area (Å²) in [6.07, 6.45) is 1.45. The molecular formula is C21H23BrN2O5. The van der Waals surface area contributed by atoms with Crippen molar-refractivity contribution in [1.29, 1.82) is 0 Å². The first kappa shape index (κ1) is 22.4. The monoisotopic (exact) mass is 462 g/mol. The number of amides is 1. The summed E-state index contributed by atoms with van der Waals surface area (Å²) < 4.78 is 16.5. The molecule has 154 valence electrons. The second kappa shape index (κ2) is 10.6. The van der Waals surface area contributed by atoms with Gasteiger partial charge in [-0.3, -0.25) is 9.59 Å². The number of methoxy groups -OCH3 is 1. The van der Waals surface area contributed by atoms with Crippen molar-refractivity contribution in [2.24, 2.45) is 5.10 Å². The average Bonchev–Trinajstić information content (AvgIpc) is 2.67. The van der Waals surface area contributed by atoms with Crippen LogP contribution < -0.4 is 19.6 Å². The standard InChI is InChI=1S/C21H23BrN2O5/c1-13(2)16-6-8-18(17(22)10-16)28-12-21(26)24-23-11-15-5-7-19(29-14(3)25)20(9-15)27-4/h5-11,13H,12H2,1-4H3,(H,24,26)/b23-11+. The Labute approximate surface area is 178 Å². The molecule has 0 radical (unpaired) electrons. The maximum Gasteiger partial charge on any atom is 0.308 e. The predicted octanol–water partition coefficient (Wildman–Crippen LogP) is 4.04. The molecule has 0 heterocycles. The summed E-state index contributed by atoms with van der Waals surface area (Å²) >= 11 is 3.45. The van der Waals surface area contributed by atoms with Gasteiger partial charge in [0.15, 0.2) is 18.1 Å². The maximum atomic E-state index is 11.9. The van der Waals surface area contributed by atoms with Crippen LogP contribution in [0.15, 0.2) is 46.0 Å². The zero-order valence-electron chi connectivity index (χ0n) is 16.7. The highest BCUT2D eigenvalue weighted by Crippen LogP contribution is 2.29. The third-order valence-corrected chi connectivity index (χ3v) is 4.45. The largest absolute Gasteiger partial charge is 0.493 e. The Morgan fingerprint density at radius 3 is 2.48 bits per heavy atom. The lowest BCUT2D eigenvalue weighted by atomic mass is 10.0. The van der Waals surface area contributed by atoms with Crippen molar-refractivity contribution in [1.82, 2.24) is 5.43 Å². The summed E-state index contributed by atoms with van der Waals surface area (Å²) in [5.74, 6) is 0.836. The maximum absolute atomic E-state index is 11.9. The topological polar surface area (TPSA) is 86.2 Å². The van der Waals surface area contributed by atoms with Gasteiger partial charge in [-0.1, -0.05) is 19.9 Å². The molecule has 0 bridgehead atoms. The van der Waals surface area contributed by atoms with Crippen molar-refractivity contribution in [2.45, 2.75) is 26.7 Å². The first-order valence-electron chi connectivity index (χ1n) is 8.90. The van der Waals surface area contributed by atoms with E-state index in [1.54, 1.807) is 18.2 Å². The molecular weight excluding hydrogens is 440 g/mol. The normalized spacial score (nSPS) is 10.8. The van der Waals surface area contributed by atoms with E-state index in [1.807, 2.05) is 18.2 Å². The fourth-order valence-corrected chi connectivity index (χ4v) is 2.86. The molecule has 2 rings (SSSR count). The SMILES string of the molecule is COc1cc(/C=N/NC(=O)COc2ccc(C(C)C)cc2Br)ccc1OC(C)=O. The van der Waals surface area contributed by atoms with Gasteiger partial charge >= 0.3 is 5.97 Å². The van der Waals surface area contributed by atoms with Crippen molar-refractivity contribution in [2.75, 3.05) is 13.7 Å². The quantitative estimate of drug-likeness (QED) is 0.277. The van der Waals surface area contributed by atoms with E-state index in [1.165, 1.54) is 25.8 Å². The highest BCUT2D eigenvalue weighted by atomic mass is 79.9. The third kappa shape index (κ3) is 6.90. The van der Waals surface area contributed by atoms with Gasteiger partial charge in [-0.15, -0.1) is 0 Å². The lowest BCUT2D eigenvalue weighted by molar-refractivity contribution is -0.132. The van der Waals surface area contributed by atoms with E-state index >= 15 is 0 Å². The number of hydrazone groups is 1. The minimum atomic E-state index is -0.442. The van der Waals surface area contributed by atoms with Crippen LogP contribution in [0.1, 0.15) is 37.8 Å². The molecule has 8 heteroatoms. The van der Waals surface area contributed by atoms with E-state index < -0.39 is 11.9 Å². The van der Waals surface area contributed by atoms with E-state index in [9.17, 15) is 9.59 Å². The fourth-order valence-electron chi connectivity index (χ4n) is 2.35. The van der Waals surface area contributed by atoms with Crippen LogP contribution in [0.4, 0.5) is 0 Å². The summed E-state index contributed by atoms with van der Waals surface area (Å²) in [6, 6.07) is 10.7. The summed E-state index contributed by atoms with van der Waals surface area (Å²) in [7, 11) is 1.47. The molecule has 0 unspecified atom stereocenters. The van der Waals surface area contributed by atoms with Gasteiger partial charge < -0.3 is 14.2 Å². The van der Waals surface area contributed by atoms with Crippen LogP contribution in [0, 0.1) is 0 Å². The van der Waals surface area contributed by atoms with Crippen LogP contribution in [0.5, 0.6) is 17.2 Å². The Morgan fingerprint density at radius 1 is 1.14 bits per heavy atom. The minimum absolute atomic E-state index is 0.175. The molecule has 0 aromatic heterocycles. The van der Waals surface area contributed by atoms with E-state index in [0.29, 0.717) is 28.7 Å². The molecule has 1 N–H and O–H groups in total. The molecule has 7 nitrogen and oxygen atoms in total. The van der Waals surface area contributed by atoms with Gasteiger partial charge in [0.25, 0.3) is 5.91 Å².